The molecule has 2 heterocycles. The van der Waals surface area contributed by atoms with Crippen molar-refractivity contribution in [3.8, 4) is 5.88 Å². The molecule has 0 atom stereocenters. The molecule has 0 saturated heterocycles. The van der Waals surface area contributed by atoms with E-state index in [4.69, 9.17) is 4.74 Å². The number of carbonyl (C=O) groups excluding carboxylic acids is 1. The third-order valence-electron chi connectivity index (χ3n) is 2.89. The number of benzene rings is 1. The van der Waals surface area contributed by atoms with Gasteiger partial charge in [-0.25, -0.2) is 9.97 Å². The Bertz CT molecular complexity index is 845. The van der Waals surface area contributed by atoms with Crippen molar-refractivity contribution >= 4 is 38.4 Å². The van der Waals surface area contributed by atoms with Crippen LogP contribution in [-0.4, -0.2) is 23.0 Å². The number of ether oxygens (including phenoxy) is 1. The summed E-state index contributed by atoms with van der Waals surface area (Å²) >= 11 is 1.25. The monoisotopic (exact) mass is 314 g/mol. The lowest BCUT2D eigenvalue weighted by Crippen LogP contribution is -2.11. The number of carbonyl (C=O) groups is 1. The molecule has 0 saturated carbocycles. The molecule has 0 unspecified atom stereocenters. The zero-order chi connectivity index (χ0) is 15.5. The van der Waals surface area contributed by atoms with E-state index in [9.17, 15) is 9.70 Å². The highest BCUT2D eigenvalue weighted by Crippen LogP contribution is 2.26. The van der Waals surface area contributed by atoms with Crippen molar-refractivity contribution < 1.29 is 9.53 Å². The van der Waals surface area contributed by atoms with E-state index in [-0.39, 0.29) is 11.6 Å². The number of thiazole rings is 1. The predicted molar refractivity (Wildman–Crippen MR) is 83.8 cm³/mol. The first-order valence-electron chi connectivity index (χ1n) is 6.26. The van der Waals surface area contributed by atoms with E-state index < -0.39 is 0 Å². The number of pyridine rings is 1. The summed E-state index contributed by atoms with van der Waals surface area (Å²) in [4.78, 5) is 31.7. The van der Waals surface area contributed by atoms with Crippen LogP contribution < -0.4 is 10.1 Å². The molecule has 7 nitrogen and oxygen atoms in total. The molecule has 0 aliphatic rings. The minimum absolute atomic E-state index is 0.271. The molecule has 0 spiro atoms. The zero-order valence-electron chi connectivity index (χ0n) is 11.4. The minimum Gasteiger partial charge on any atom is -0.481 e. The third-order valence-corrected chi connectivity index (χ3v) is 3.77. The highest BCUT2D eigenvalue weighted by Gasteiger charge is 2.11. The summed E-state index contributed by atoms with van der Waals surface area (Å²) in [5, 5.41) is 5.93. The van der Waals surface area contributed by atoms with E-state index in [0.29, 0.717) is 26.9 Å². The van der Waals surface area contributed by atoms with Crippen LogP contribution in [0.25, 0.3) is 10.3 Å². The number of anilines is 1. The fourth-order valence-corrected chi connectivity index (χ4v) is 2.63. The molecule has 2 aromatic heterocycles. The number of fused-ring (bicyclic) bond motifs is 1. The number of amides is 1. The Labute approximate surface area is 128 Å². The normalized spacial score (nSPS) is 10.4. The van der Waals surface area contributed by atoms with Gasteiger partial charge in [-0.2, -0.15) is 0 Å². The first-order valence-corrected chi connectivity index (χ1v) is 7.07. The lowest BCUT2D eigenvalue weighted by atomic mass is 10.2. The molecule has 0 radical (unpaired) electrons. The maximum absolute atomic E-state index is 12.1. The van der Waals surface area contributed by atoms with Crippen molar-refractivity contribution in [2.24, 2.45) is 5.18 Å². The van der Waals surface area contributed by atoms with Gasteiger partial charge < -0.3 is 4.74 Å². The second-order valence-electron chi connectivity index (χ2n) is 4.29. The molecule has 22 heavy (non-hydrogen) atoms. The Hall–Kier alpha value is -2.87. The molecule has 3 rings (SSSR count). The van der Waals surface area contributed by atoms with E-state index in [0.717, 1.165) is 0 Å². The number of nitrogens with zero attached hydrogens (tertiary/aromatic N) is 3. The van der Waals surface area contributed by atoms with Crippen LogP contribution in [0.5, 0.6) is 5.88 Å². The van der Waals surface area contributed by atoms with Gasteiger partial charge in [0, 0.05) is 11.6 Å². The molecule has 110 valence electrons. The average molecular weight is 314 g/mol. The Morgan fingerprint density at radius 2 is 1.95 bits per heavy atom. The van der Waals surface area contributed by atoms with Gasteiger partial charge in [0.2, 0.25) is 5.88 Å². The Balaban J connectivity index is 1.82. The van der Waals surface area contributed by atoms with Crippen molar-refractivity contribution in [2.75, 3.05) is 12.4 Å². The SMILES string of the molecule is COc1ccc2nc(NC(=O)c3ccc(N=O)cc3)sc2n1. The molecular weight excluding hydrogens is 304 g/mol. The molecule has 1 N–H and O–H groups in total. The number of nitrogens with one attached hydrogen (secondary N) is 1. The molecule has 1 amide bonds. The van der Waals surface area contributed by atoms with Crippen molar-refractivity contribution in [2.45, 2.75) is 0 Å². The van der Waals surface area contributed by atoms with Gasteiger partial charge in [0.1, 0.15) is 16.0 Å². The maximum Gasteiger partial charge on any atom is 0.257 e. The van der Waals surface area contributed by atoms with Crippen LogP contribution in [0.2, 0.25) is 0 Å². The van der Waals surface area contributed by atoms with Gasteiger partial charge in [0.05, 0.1) is 7.11 Å². The highest BCUT2D eigenvalue weighted by atomic mass is 32.1. The van der Waals surface area contributed by atoms with E-state index >= 15 is 0 Å². The summed E-state index contributed by atoms with van der Waals surface area (Å²) in [5.74, 6) is 0.175. The van der Waals surface area contributed by atoms with Gasteiger partial charge >= 0.3 is 0 Å². The molecule has 3 aromatic rings. The van der Waals surface area contributed by atoms with E-state index in [2.05, 4.69) is 20.5 Å². The van der Waals surface area contributed by atoms with Crippen molar-refractivity contribution in [3.05, 3.63) is 46.9 Å². The number of methoxy groups -OCH3 is 1. The first-order chi connectivity index (χ1) is 10.7. The second kappa shape index (κ2) is 5.86. The fourth-order valence-electron chi connectivity index (χ4n) is 1.81. The van der Waals surface area contributed by atoms with Crippen LogP contribution in [-0.2, 0) is 0 Å². The highest BCUT2D eigenvalue weighted by molar-refractivity contribution is 7.22. The minimum atomic E-state index is -0.316. The van der Waals surface area contributed by atoms with Gasteiger partial charge in [-0.05, 0) is 35.5 Å². The number of hydrogen-bond acceptors (Lipinski definition) is 7. The summed E-state index contributed by atoms with van der Waals surface area (Å²) < 4.78 is 5.05. The molecule has 0 fully saturated rings. The van der Waals surface area contributed by atoms with Crippen LogP contribution >= 0.6 is 11.3 Å². The number of rotatable bonds is 4. The van der Waals surface area contributed by atoms with Crippen LogP contribution in [0.4, 0.5) is 10.8 Å². The second-order valence-corrected chi connectivity index (χ2v) is 5.27. The van der Waals surface area contributed by atoms with E-state index in [1.165, 1.54) is 42.7 Å². The summed E-state index contributed by atoms with van der Waals surface area (Å²) in [6.07, 6.45) is 0. The predicted octanol–water partition coefficient (Wildman–Crippen LogP) is 3.35. The van der Waals surface area contributed by atoms with Crippen molar-refractivity contribution in [3.63, 3.8) is 0 Å². The largest absolute Gasteiger partial charge is 0.481 e. The van der Waals surface area contributed by atoms with Gasteiger partial charge in [0.15, 0.2) is 5.13 Å². The Morgan fingerprint density at radius 1 is 1.18 bits per heavy atom. The molecule has 8 heteroatoms. The number of aromatic nitrogens is 2. The lowest BCUT2D eigenvalue weighted by Gasteiger charge is -2.00. The van der Waals surface area contributed by atoms with Crippen molar-refractivity contribution in [1.82, 2.24) is 9.97 Å². The summed E-state index contributed by atoms with van der Waals surface area (Å²) in [6.45, 7) is 0. The van der Waals surface area contributed by atoms with Gasteiger partial charge in [-0.15, -0.1) is 4.91 Å². The molecule has 0 aliphatic heterocycles. The van der Waals surface area contributed by atoms with Gasteiger partial charge in [-0.3, -0.25) is 10.1 Å². The Morgan fingerprint density at radius 3 is 2.64 bits per heavy atom. The molecular formula is C14H10N4O3S. The topological polar surface area (TPSA) is 93.5 Å². The summed E-state index contributed by atoms with van der Waals surface area (Å²) in [5.41, 5.74) is 1.37. The average Bonchev–Trinajstić information content (AvgIpc) is 2.95. The van der Waals surface area contributed by atoms with Crippen molar-refractivity contribution in [1.29, 1.82) is 0 Å². The van der Waals surface area contributed by atoms with E-state index in [1.54, 1.807) is 12.1 Å². The zero-order valence-corrected chi connectivity index (χ0v) is 12.3. The van der Waals surface area contributed by atoms with Crippen LogP contribution in [0.15, 0.2) is 41.6 Å². The summed E-state index contributed by atoms with van der Waals surface area (Å²) in [7, 11) is 1.54. The Kier molecular flexibility index (Phi) is 3.75. The lowest BCUT2D eigenvalue weighted by molar-refractivity contribution is 0.102. The molecule has 0 aliphatic carbocycles. The standard InChI is InChI=1S/C14H10N4O3S/c1-21-11-7-6-10-13(16-11)22-14(15-10)17-12(19)8-2-4-9(18-20)5-3-8/h2-7H,1H3,(H,15,17,19). The quantitative estimate of drug-likeness (QED) is 0.745. The van der Waals surface area contributed by atoms with E-state index in [1.807, 2.05) is 0 Å². The van der Waals surface area contributed by atoms with Crippen LogP contribution in [0.1, 0.15) is 10.4 Å². The number of nitroso groups, excluding NO2 is 1. The third kappa shape index (κ3) is 2.77. The van der Waals surface area contributed by atoms with Crippen LogP contribution in [0, 0.1) is 4.91 Å². The van der Waals surface area contributed by atoms with Crippen LogP contribution in [0.3, 0.4) is 0 Å². The van der Waals surface area contributed by atoms with Gasteiger partial charge in [0.25, 0.3) is 5.91 Å². The molecule has 0 bridgehead atoms. The fraction of sp³-hybridized carbons (Fsp3) is 0.0714. The summed E-state index contributed by atoms with van der Waals surface area (Å²) in [6, 6.07) is 9.50. The molecule has 1 aromatic carbocycles. The number of hydrogen-bond donors (Lipinski definition) is 1. The maximum atomic E-state index is 12.1. The first kappa shape index (κ1) is 14.1. The van der Waals surface area contributed by atoms with Gasteiger partial charge in [-0.1, -0.05) is 11.3 Å². The smallest absolute Gasteiger partial charge is 0.257 e.